The fraction of sp³-hybridized carbons (Fsp3) is 0.333. The third kappa shape index (κ3) is 5.75. The molecule has 0 aromatic heterocycles. The van der Waals surface area contributed by atoms with Crippen LogP contribution in [0.15, 0.2) is 60.7 Å². The highest BCUT2D eigenvalue weighted by Gasteiger charge is 2.28. The van der Waals surface area contributed by atoms with E-state index in [-0.39, 0.29) is 11.8 Å². The quantitative estimate of drug-likeness (QED) is 0.804. The summed E-state index contributed by atoms with van der Waals surface area (Å²) in [7, 11) is 0. The van der Waals surface area contributed by atoms with Crippen molar-refractivity contribution in [2.75, 3.05) is 6.54 Å². The summed E-state index contributed by atoms with van der Waals surface area (Å²) in [5, 5.41) is 2.94. The molecule has 1 N–H and O–H groups in total. The van der Waals surface area contributed by atoms with Gasteiger partial charge in [-0.3, -0.25) is 9.59 Å². The molecule has 2 rings (SSSR count). The molecule has 0 aliphatic carbocycles. The van der Waals surface area contributed by atoms with Gasteiger partial charge in [-0.25, -0.2) is 0 Å². The monoisotopic (exact) mass is 338 g/mol. The summed E-state index contributed by atoms with van der Waals surface area (Å²) in [6.07, 6.45) is 1.37. The average Bonchev–Trinajstić information content (AvgIpc) is 2.64. The van der Waals surface area contributed by atoms with Crippen molar-refractivity contribution in [3.05, 3.63) is 71.8 Å². The lowest BCUT2D eigenvalue weighted by molar-refractivity contribution is -0.139. The van der Waals surface area contributed by atoms with Crippen molar-refractivity contribution in [3.8, 4) is 0 Å². The lowest BCUT2D eigenvalue weighted by Gasteiger charge is -2.30. The molecule has 4 heteroatoms. The van der Waals surface area contributed by atoms with Gasteiger partial charge in [0.1, 0.15) is 6.04 Å². The number of rotatable bonds is 8. The molecule has 1 atom stereocenters. The lowest BCUT2D eigenvalue weighted by Crippen LogP contribution is -2.50. The first-order chi connectivity index (χ1) is 12.1. The summed E-state index contributed by atoms with van der Waals surface area (Å²) in [6, 6.07) is 19.1. The number of carbonyl (C=O) groups is 2. The number of hydrogen-bond acceptors (Lipinski definition) is 2. The van der Waals surface area contributed by atoms with Gasteiger partial charge in [-0.1, -0.05) is 67.6 Å². The highest BCUT2D eigenvalue weighted by Crippen LogP contribution is 2.14. The van der Waals surface area contributed by atoms with Crippen LogP contribution >= 0.6 is 0 Å². The minimum atomic E-state index is -0.522. The molecule has 25 heavy (non-hydrogen) atoms. The maximum atomic E-state index is 12.7. The molecule has 4 nitrogen and oxygen atoms in total. The van der Waals surface area contributed by atoms with Crippen molar-refractivity contribution >= 4 is 11.8 Å². The number of amides is 2. The van der Waals surface area contributed by atoms with E-state index in [1.165, 1.54) is 6.92 Å². The average molecular weight is 338 g/mol. The van der Waals surface area contributed by atoms with Crippen LogP contribution in [0.25, 0.3) is 0 Å². The standard InChI is InChI=1S/C21H26N2O2/c1-3-14-22-21(25)20(15-18-10-6-4-7-11-18)23(17(2)24)16-19-12-8-5-9-13-19/h4-13,20H,3,14-16H2,1-2H3,(H,22,25)/t20-/m0/s1. The molecule has 2 aromatic rings. The predicted octanol–water partition coefficient (Wildman–Crippen LogP) is 3.17. The molecule has 0 aliphatic rings. The molecule has 0 saturated carbocycles. The van der Waals surface area contributed by atoms with E-state index in [9.17, 15) is 9.59 Å². The number of nitrogens with zero attached hydrogens (tertiary/aromatic N) is 1. The Hall–Kier alpha value is -2.62. The highest BCUT2D eigenvalue weighted by molar-refractivity contribution is 5.87. The van der Waals surface area contributed by atoms with E-state index in [0.717, 1.165) is 17.5 Å². The zero-order valence-electron chi connectivity index (χ0n) is 14.9. The lowest BCUT2D eigenvalue weighted by atomic mass is 10.0. The van der Waals surface area contributed by atoms with E-state index in [4.69, 9.17) is 0 Å². The largest absolute Gasteiger partial charge is 0.354 e. The fourth-order valence-electron chi connectivity index (χ4n) is 2.77. The molecule has 0 spiro atoms. The molecule has 2 aromatic carbocycles. The highest BCUT2D eigenvalue weighted by atomic mass is 16.2. The van der Waals surface area contributed by atoms with Crippen LogP contribution in [0.2, 0.25) is 0 Å². The van der Waals surface area contributed by atoms with Crippen molar-refractivity contribution in [3.63, 3.8) is 0 Å². The van der Waals surface area contributed by atoms with Gasteiger partial charge in [-0.15, -0.1) is 0 Å². The number of carbonyl (C=O) groups excluding carboxylic acids is 2. The molecular weight excluding hydrogens is 312 g/mol. The van der Waals surface area contributed by atoms with E-state index >= 15 is 0 Å². The molecule has 0 heterocycles. The Labute approximate surface area is 149 Å². The Kier molecular flexibility index (Phi) is 7.20. The van der Waals surface area contributed by atoms with Crippen LogP contribution in [0.3, 0.4) is 0 Å². The zero-order valence-corrected chi connectivity index (χ0v) is 14.9. The topological polar surface area (TPSA) is 49.4 Å². The minimum Gasteiger partial charge on any atom is -0.354 e. The molecule has 0 fully saturated rings. The van der Waals surface area contributed by atoms with Gasteiger partial charge in [0, 0.05) is 26.4 Å². The molecule has 132 valence electrons. The Balaban J connectivity index is 2.25. The summed E-state index contributed by atoms with van der Waals surface area (Å²) < 4.78 is 0. The minimum absolute atomic E-state index is 0.100. The van der Waals surface area contributed by atoms with Gasteiger partial charge in [0.15, 0.2) is 0 Å². The van der Waals surface area contributed by atoms with Crippen molar-refractivity contribution in [2.24, 2.45) is 0 Å². The van der Waals surface area contributed by atoms with Crippen molar-refractivity contribution in [1.82, 2.24) is 10.2 Å². The maximum absolute atomic E-state index is 12.7. The Morgan fingerprint density at radius 1 is 0.960 bits per heavy atom. The van der Waals surface area contributed by atoms with Crippen molar-refractivity contribution in [1.29, 1.82) is 0 Å². The summed E-state index contributed by atoms with van der Waals surface area (Å²) in [5.74, 6) is -0.201. The van der Waals surface area contributed by atoms with E-state index in [1.807, 2.05) is 67.6 Å². The second-order valence-electron chi connectivity index (χ2n) is 6.13. The van der Waals surface area contributed by atoms with Gasteiger partial charge < -0.3 is 10.2 Å². The predicted molar refractivity (Wildman–Crippen MR) is 99.9 cm³/mol. The van der Waals surface area contributed by atoms with Gasteiger partial charge in [0.25, 0.3) is 0 Å². The first kappa shape index (κ1) is 18.7. The van der Waals surface area contributed by atoms with Crippen LogP contribution in [0.5, 0.6) is 0 Å². The van der Waals surface area contributed by atoms with Crippen molar-refractivity contribution < 1.29 is 9.59 Å². The summed E-state index contributed by atoms with van der Waals surface area (Å²) in [4.78, 5) is 26.7. The maximum Gasteiger partial charge on any atom is 0.243 e. The van der Waals surface area contributed by atoms with Gasteiger partial charge in [-0.2, -0.15) is 0 Å². The van der Waals surface area contributed by atoms with Crippen LogP contribution < -0.4 is 5.32 Å². The van der Waals surface area contributed by atoms with Crippen molar-refractivity contribution in [2.45, 2.75) is 39.3 Å². The van der Waals surface area contributed by atoms with E-state index in [2.05, 4.69) is 5.32 Å². The molecule has 0 radical (unpaired) electrons. The van der Waals surface area contributed by atoms with Gasteiger partial charge >= 0.3 is 0 Å². The second kappa shape index (κ2) is 9.62. The summed E-state index contributed by atoms with van der Waals surface area (Å²) in [5.41, 5.74) is 2.05. The third-order valence-electron chi connectivity index (χ3n) is 4.10. The van der Waals surface area contributed by atoms with Crippen LogP contribution in [0.1, 0.15) is 31.4 Å². The Bertz CT molecular complexity index is 671. The first-order valence-electron chi connectivity index (χ1n) is 8.74. The fourth-order valence-corrected chi connectivity index (χ4v) is 2.77. The molecule has 0 aliphatic heterocycles. The van der Waals surface area contributed by atoms with Crippen LogP contribution in [-0.4, -0.2) is 29.3 Å². The van der Waals surface area contributed by atoms with Gasteiger partial charge in [0.05, 0.1) is 0 Å². The molecule has 0 unspecified atom stereocenters. The van der Waals surface area contributed by atoms with E-state index in [1.54, 1.807) is 4.90 Å². The number of hydrogen-bond donors (Lipinski definition) is 1. The molecule has 0 bridgehead atoms. The molecule has 2 amide bonds. The third-order valence-corrected chi connectivity index (χ3v) is 4.10. The van der Waals surface area contributed by atoms with Crippen LogP contribution in [0, 0.1) is 0 Å². The summed E-state index contributed by atoms with van der Waals surface area (Å²) in [6.45, 7) is 4.57. The Morgan fingerprint density at radius 3 is 2.04 bits per heavy atom. The molecule has 0 saturated heterocycles. The number of nitrogens with one attached hydrogen (secondary N) is 1. The summed E-state index contributed by atoms with van der Waals surface area (Å²) >= 11 is 0. The zero-order chi connectivity index (χ0) is 18.1. The normalized spacial score (nSPS) is 11.6. The smallest absolute Gasteiger partial charge is 0.243 e. The van der Waals surface area contributed by atoms with E-state index < -0.39 is 6.04 Å². The second-order valence-corrected chi connectivity index (χ2v) is 6.13. The molecular formula is C21H26N2O2. The van der Waals surface area contributed by atoms with Gasteiger partial charge in [0.2, 0.25) is 11.8 Å². The number of benzene rings is 2. The van der Waals surface area contributed by atoms with E-state index in [0.29, 0.717) is 19.5 Å². The first-order valence-corrected chi connectivity index (χ1v) is 8.74. The van der Waals surface area contributed by atoms with Crippen LogP contribution in [-0.2, 0) is 22.6 Å². The van der Waals surface area contributed by atoms with Gasteiger partial charge in [-0.05, 0) is 17.5 Å². The Morgan fingerprint density at radius 2 is 1.52 bits per heavy atom. The SMILES string of the molecule is CCCNC(=O)[C@H](Cc1ccccc1)N(Cc1ccccc1)C(C)=O. The van der Waals surface area contributed by atoms with Crippen LogP contribution in [0.4, 0.5) is 0 Å².